The summed E-state index contributed by atoms with van der Waals surface area (Å²) >= 11 is 0. The average molecular weight is 462 g/mol. The van der Waals surface area contributed by atoms with Crippen molar-refractivity contribution in [2.24, 2.45) is 14.1 Å². The van der Waals surface area contributed by atoms with E-state index >= 15 is 0 Å². The van der Waals surface area contributed by atoms with E-state index in [-0.39, 0.29) is 5.82 Å². The Balaban J connectivity index is 1.62. The second-order valence-corrected chi connectivity index (χ2v) is 9.18. The lowest BCUT2D eigenvalue weighted by molar-refractivity contribution is -0.143. The third-order valence-corrected chi connectivity index (χ3v) is 7.04. The molecule has 176 valence electrons. The van der Waals surface area contributed by atoms with Crippen LogP contribution in [0.1, 0.15) is 29.4 Å². The Morgan fingerprint density at radius 1 is 1.21 bits per heavy atom. The van der Waals surface area contributed by atoms with Crippen LogP contribution in [0.3, 0.4) is 0 Å². The topological polar surface area (TPSA) is 76.2 Å². The smallest absolute Gasteiger partial charge is 0.321 e. The number of imidazole rings is 1. The van der Waals surface area contributed by atoms with Crippen molar-refractivity contribution in [3.05, 3.63) is 58.7 Å². The molecule has 7 nitrogen and oxygen atoms in total. The van der Waals surface area contributed by atoms with Crippen LogP contribution in [0.15, 0.2) is 30.3 Å². The molecule has 5 rings (SSSR count). The van der Waals surface area contributed by atoms with E-state index < -0.39 is 12.0 Å². The van der Waals surface area contributed by atoms with Crippen LogP contribution in [0.25, 0.3) is 33.5 Å². The number of carboxylic acids is 1. The number of carbonyl (C=O) groups is 1. The molecule has 1 atom stereocenters. The minimum atomic E-state index is -0.838. The van der Waals surface area contributed by atoms with Crippen molar-refractivity contribution in [1.82, 2.24) is 24.2 Å². The third kappa shape index (κ3) is 3.40. The molecule has 0 fully saturated rings. The zero-order chi connectivity index (χ0) is 24.3. The van der Waals surface area contributed by atoms with Crippen molar-refractivity contribution >= 4 is 16.9 Å². The van der Waals surface area contributed by atoms with Gasteiger partial charge in [-0.05, 0) is 60.8 Å². The minimum absolute atomic E-state index is 0.207. The normalized spacial score (nSPS) is 16.2. The second kappa shape index (κ2) is 8.06. The van der Waals surface area contributed by atoms with Crippen LogP contribution < -0.4 is 0 Å². The number of aliphatic carboxylic acids is 1. The van der Waals surface area contributed by atoms with Gasteiger partial charge < -0.3 is 9.67 Å². The zero-order valence-corrected chi connectivity index (χ0v) is 20.1. The van der Waals surface area contributed by atoms with Crippen LogP contribution in [-0.2, 0) is 38.3 Å². The van der Waals surface area contributed by atoms with Crippen LogP contribution >= 0.6 is 0 Å². The van der Waals surface area contributed by atoms with Gasteiger partial charge in [-0.25, -0.2) is 9.37 Å². The fourth-order valence-corrected chi connectivity index (χ4v) is 5.02. The fraction of sp³-hybridized carbons (Fsp3) is 0.346. The highest BCUT2D eigenvalue weighted by atomic mass is 19.1. The summed E-state index contributed by atoms with van der Waals surface area (Å²) in [6.07, 6.45) is 1.18. The average Bonchev–Trinajstić information content (AvgIpc) is 3.30. The van der Waals surface area contributed by atoms with Crippen molar-refractivity contribution < 1.29 is 14.3 Å². The SMILES string of the molecule is CCc1cc(C)c(F)cc1-c1ccc2c(-c3nc4c(n3C)CN(C)C(C(=O)O)C4)nn(C)c2c1. The molecule has 2 aromatic heterocycles. The van der Waals surface area contributed by atoms with E-state index in [0.717, 1.165) is 56.9 Å². The molecule has 0 amide bonds. The first-order valence-corrected chi connectivity index (χ1v) is 11.4. The summed E-state index contributed by atoms with van der Waals surface area (Å²) in [5.74, 6) is -0.324. The summed E-state index contributed by atoms with van der Waals surface area (Å²) in [5, 5.41) is 15.3. The number of hydrogen-bond acceptors (Lipinski definition) is 4. The number of aryl methyl sites for hydroxylation is 3. The molecule has 8 heteroatoms. The summed E-state index contributed by atoms with van der Waals surface area (Å²) in [4.78, 5) is 18.3. The molecular formula is C26H28FN5O2. The lowest BCUT2D eigenvalue weighted by atomic mass is 9.95. The van der Waals surface area contributed by atoms with E-state index in [0.29, 0.717) is 18.5 Å². The van der Waals surface area contributed by atoms with Gasteiger partial charge in [0.25, 0.3) is 0 Å². The Hall–Kier alpha value is -3.52. The van der Waals surface area contributed by atoms with Crippen LogP contribution in [0.5, 0.6) is 0 Å². The maximum atomic E-state index is 14.4. The van der Waals surface area contributed by atoms with Crippen molar-refractivity contribution in [2.45, 2.75) is 39.3 Å². The van der Waals surface area contributed by atoms with E-state index in [1.165, 1.54) is 0 Å². The van der Waals surface area contributed by atoms with E-state index in [4.69, 9.17) is 10.1 Å². The molecule has 2 aromatic carbocycles. The Kier molecular flexibility index (Phi) is 5.28. The van der Waals surface area contributed by atoms with Gasteiger partial charge in [0.2, 0.25) is 0 Å². The van der Waals surface area contributed by atoms with Crippen LogP contribution in [0.4, 0.5) is 4.39 Å². The molecule has 0 radical (unpaired) electrons. The Bertz CT molecular complexity index is 1450. The molecule has 1 N–H and O–H groups in total. The molecule has 1 aliphatic rings. The number of nitrogens with zero attached hydrogens (tertiary/aromatic N) is 5. The minimum Gasteiger partial charge on any atom is -0.480 e. The summed E-state index contributed by atoms with van der Waals surface area (Å²) in [7, 11) is 5.67. The number of halogens is 1. The number of likely N-dealkylation sites (N-methyl/N-ethyl adjacent to an activating group) is 1. The summed E-state index contributed by atoms with van der Waals surface area (Å²) in [6, 6.07) is 9.03. The molecule has 0 saturated carbocycles. The molecule has 0 aliphatic carbocycles. The van der Waals surface area contributed by atoms with E-state index in [1.807, 2.05) is 59.6 Å². The first-order chi connectivity index (χ1) is 16.2. The number of rotatable bonds is 4. The highest BCUT2D eigenvalue weighted by molar-refractivity contribution is 5.94. The van der Waals surface area contributed by atoms with Crippen molar-refractivity contribution in [1.29, 1.82) is 0 Å². The quantitative estimate of drug-likeness (QED) is 0.495. The lowest BCUT2D eigenvalue weighted by Gasteiger charge is -2.29. The van der Waals surface area contributed by atoms with Gasteiger partial charge in [0.05, 0.1) is 16.9 Å². The largest absolute Gasteiger partial charge is 0.480 e. The van der Waals surface area contributed by atoms with Crippen molar-refractivity contribution in [2.75, 3.05) is 7.05 Å². The molecule has 3 heterocycles. The molecule has 4 aromatic rings. The zero-order valence-electron chi connectivity index (χ0n) is 20.1. The Morgan fingerprint density at radius 2 is 1.97 bits per heavy atom. The molecule has 0 saturated heterocycles. The third-order valence-electron chi connectivity index (χ3n) is 7.04. The van der Waals surface area contributed by atoms with Crippen LogP contribution in [-0.4, -0.2) is 48.4 Å². The Morgan fingerprint density at radius 3 is 2.68 bits per heavy atom. The predicted molar refractivity (Wildman–Crippen MR) is 129 cm³/mol. The second-order valence-electron chi connectivity index (χ2n) is 9.18. The predicted octanol–water partition coefficient (Wildman–Crippen LogP) is 4.09. The van der Waals surface area contributed by atoms with Gasteiger partial charge in [0, 0.05) is 32.4 Å². The molecular weight excluding hydrogens is 433 g/mol. The molecule has 1 unspecified atom stereocenters. The monoisotopic (exact) mass is 461 g/mol. The first kappa shape index (κ1) is 22.3. The van der Waals surface area contributed by atoms with E-state index in [9.17, 15) is 14.3 Å². The van der Waals surface area contributed by atoms with Gasteiger partial charge in [-0.1, -0.05) is 19.1 Å². The lowest BCUT2D eigenvalue weighted by Crippen LogP contribution is -2.43. The fourth-order valence-electron chi connectivity index (χ4n) is 5.02. The maximum Gasteiger partial charge on any atom is 0.321 e. The van der Waals surface area contributed by atoms with Gasteiger partial charge in [-0.15, -0.1) is 0 Å². The number of hydrogen-bond donors (Lipinski definition) is 1. The highest BCUT2D eigenvalue weighted by Gasteiger charge is 2.33. The molecule has 0 bridgehead atoms. The summed E-state index contributed by atoms with van der Waals surface area (Å²) < 4.78 is 18.2. The van der Waals surface area contributed by atoms with E-state index in [1.54, 1.807) is 13.0 Å². The van der Waals surface area contributed by atoms with Gasteiger partial charge >= 0.3 is 5.97 Å². The summed E-state index contributed by atoms with van der Waals surface area (Å²) in [6.45, 7) is 4.38. The maximum absolute atomic E-state index is 14.4. The van der Waals surface area contributed by atoms with Gasteiger partial charge in [-0.3, -0.25) is 14.4 Å². The van der Waals surface area contributed by atoms with Gasteiger partial charge in [0.15, 0.2) is 5.82 Å². The number of carboxylic acid groups (broad SMARTS) is 1. The van der Waals surface area contributed by atoms with Gasteiger partial charge in [0.1, 0.15) is 17.6 Å². The first-order valence-electron chi connectivity index (χ1n) is 11.4. The number of aromatic nitrogens is 4. The van der Waals surface area contributed by atoms with Crippen molar-refractivity contribution in [3.63, 3.8) is 0 Å². The molecule has 0 spiro atoms. The van der Waals surface area contributed by atoms with Crippen LogP contribution in [0, 0.1) is 12.7 Å². The standard InChI is InChI=1S/C26H28FN5O2/c1-6-15-9-14(2)19(27)11-18(15)16-7-8-17-21(10-16)32(5)29-24(17)25-28-20-12-22(26(33)34)30(3)13-23(20)31(25)4/h7-11,22H,6,12-13H2,1-5H3,(H,33,34). The van der Waals surface area contributed by atoms with Crippen LogP contribution in [0.2, 0.25) is 0 Å². The van der Waals surface area contributed by atoms with Crippen molar-refractivity contribution in [3.8, 4) is 22.6 Å². The number of fused-ring (bicyclic) bond motifs is 2. The van der Waals surface area contributed by atoms with E-state index in [2.05, 4.69) is 6.92 Å². The number of benzene rings is 2. The molecule has 34 heavy (non-hydrogen) atoms. The molecule has 1 aliphatic heterocycles. The highest BCUT2D eigenvalue weighted by Crippen LogP contribution is 2.34. The summed E-state index contributed by atoms with van der Waals surface area (Å²) in [5.41, 5.74) is 7.09. The Labute approximate surface area is 197 Å². The van der Waals surface area contributed by atoms with Gasteiger partial charge in [-0.2, -0.15) is 5.10 Å².